The molecule has 0 spiro atoms. The van der Waals surface area contributed by atoms with Gasteiger partial charge in [-0.3, -0.25) is 4.79 Å². The van der Waals surface area contributed by atoms with Crippen LogP contribution in [0.4, 0.5) is 10.5 Å². The summed E-state index contributed by atoms with van der Waals surface area (Å²) in [5.41, 5.74) is 3.49. The minimum Gasteiger partial charge on any atom is -0.464 e. The normalized spacial score (nSPS) is 15.8. The monoisotopic (exact) mass is 409 g/mol. The number of nitrogens with zero attached hydrogens (tertiary/aromatic N) is 1. The van der Waals surface area contributed by atoms with Gasteiger partial charge in [-0.05, 0) is 56.5 Å². The molecule has 0 saturated carbocycles. The van der Waals surface area contributed by atoms with Crippen molar-refractivity contribution in [1.82, 2.24) is 10.6 Å². The highest BCUT2D eigenvalue weighted by molar-refractivity contribution is 6.07. The molecular formula is C23H27N3O4. The number of amides is 3. The van der Waals surface area contributed by atoms with Gasteiger partial charge in [0.25, 0.3) is 5.91 Å². The van der Waals surface area contributed by atoms with Crippen molar-refractivity contribution >= 4 is 23.6 Å². The quantitative estimate of drug-likeness (QED) is 0.718. The molecule has 3 rings (SSSR count). The Morgan fingerprint density at radius 1 is 1.17 bits per heavy atom. The van der Waals surface area contributed by atoms with Gasteiger partial charge in [-0.25, -0.2) is 9.59 Å². The summed E-state index contributed by atoms with van der Waals surface area (Å²) >= 11 is 0. The molecule has 1 heterocycles. The molecule has 3 amide bonds. The zero-order valence-corrected chi connectivity index (χ0v) is 17.5. The van der Waals surface area contributed by atoms with Crippen molar-refractivity contribution in [2.75, 3.05) is 11.5 Å². The fourth-order valence-corrected chi connectivity index (χ4v) is 3.55. The summed E-state index contributed by atoms with van der Waals surface area (Å²) in [6.07, 6.45) is 0.791. The van der Waals surface area contributed by atoms with E-state index in [1.54, 1.807) is 13.8 Å². The number of hydrogen-bond donors (Lipinski definition) is 2. The number of benzene rings is 2. The smallest absolute Gasteiger partial charge is 0.328 e. The van der Waals surface area contributed by atoms with Crippen LogP contribution in [0.3, 0.4) is 0 Å². The van der Waals surface area contributed by atoms with E-state index in [4.69, 9.17) is 4.74 Å². The average molecular weight is 409 g/mol. The van der Waals surface area contributed by atoms with Crippen LogP contribution in [0.2, 0.25) is 0 Å². The van der Waals surface area contributed by atoms with E-state index in [0.29, 0.717) is 5.56 Å². The van der Waals surface area contributed by atoms with Gasteiger partial charge in [0.05, 0.1) is 6.61 Å². The molecular weight excluding hydrogens is 382 g/mol. The van der Waals surface area contributed by atoms with E-state index in [0.717, 1.165) is 23.2 Å². The molecule has 0 aliphatic carbocycles. The molecule has 30 heavy (non-hydrogen) atoms. The van der Waals surface area contributed by atoms with Crippen molar-refractivity contribution in [1.29, 1.82) is 0 Å². The summed E-state index contributed by atoms with van der Waals surface area (Å²) in [4.78, 5) is 38.6. The van der Waals surface area contributed by atoms with Crippen LogP contribution in [0, 0.1) is 0 Å². The third-order valence-corrected chi connectivity index (χ3v) is 5.05. The Hall–Kier alpha value is -3.35. The third-order valence-electron chi connectivity index (χ3n) is 5.05. The molecule has 0 radical (unpaired) electrons. The Kier molecular flexibility index (Phi) is 6.72. The molecule has 2 aromatic rings. The molecule has 1 aliphatic rings. The number of urea groups is 1. The topological polar surface area (TPSA) is 87.7 Å². The van der Waals surface area contributed by atoms with Gasteiger partial charge in [-0.1, -0.05) is 30.3 Å². The van der Waals surface area contributed by atoms with Gasteiger partial charge < -0.3 is 20.3 Å². The number of ether oxygens (including phenoxy) is 1. The van der Waals surface area contributed by atoms with Crippen molar-refractivity contribution in [3.8, 4) is 0 Å². The third kappa shape index (κ3) is 4.79. The van der Waals surface area contributed by atoms with Crippen LogP contribution in [0.5, 0.6) is 0 Å². The Bertz CT molecular complexity index is 929. The maximum atomic E-state index is 13.0. The molecule has 158 valence electrons. The van der Waals surface area contributed by atoms with E-state index in [-0.39, 0.29) is 25.1 Å². The minimum absolute atomic E-state index is 0.0343. The summed E-state index contributed by atoms with van der Waals surface area (Å²) < 4.78 is 4.88. The number of nitrogens with one attached hydrogen (secondary N) is 2. The standard InChI is InChI=1S/C23H27N3O4/c1-4-30-22(28)16(3)25-23(29)24-14-17-10-11-19-12-15(2)26(20(19)13-17)21(27)18-8-6-5-7-9-18/h5-11,13,15-16H,4,12,14H2,1-3H3,(H2,24,25,29)/t15-,16-/m0/s1. The van der Waals surface area contributed by atoms with Crippen molar-refractivity contribution in [3.05, 3.63) is 65.2 Å². The van der Waals surface area contributed by atoms with Crippen LogP contribution in [0.1, 0.15) is 42.3 Å². The van der Waals surface area contributed by atoms with Gasteiger partial charge in [-0.15, -0.1) is 0 Å². The van der Waals surface area contributed by atoms with Crippen molar-refractivity contribution < 1.29 is 19.1 Å². The Labute approximate surface area is 176 Å². The maximum absolute atomic E-state index is 13.0. The molecule has 0 fully saturated rings. The molecule has 2 atom stereocenters. The number of rotatable bonds is 6. The van der Waals surface area contributed by atoms with Crippen LogP contribution >= 0.6 is 0 Å². The second kappa shape index (κ2) is 9.43. The molecule has 0 saturated heterocycles. The summed E-state index contributed by atoms with van der Waals surface area (Å²) in [5, 5.41) is 5.30. The van der Waals surface area contributed by atoms with E-state index in [9.17, 15) is 14.4 Å². The van der Waals surface area contributed by atoms with E-state index in [1.807, 2.05) is 60.4 Å². The van der Waals surface area contributed by atoms with E-state index in [2.05, 4.69) is 10.6 Å². The highest BCUT2D eigenvalue weighted by atomic mass is 16.5. The molecule has 2 aromatic carbocycles. The van der Waals surface area contributed by atoms with Gasteiger partial charge >= 0.3 is 12.0 Å². The first kappa shape index (κ1) is 21.4. The second-order valence-electron chi connectivity index (χ2n) is 7.36. The maximum Gasteiger partial charge on any atom is 0.328 e. The lowest BCUT2D eigenvalue weighted by Gasteiger charge is -2.23. The first-order chi connectivity index (χ1) is 14.4. The van der Waals surface area contributed by atoms with Crippen molar-refractivity contribution in [3.63, 3.8) is 0 Å². The summed E-state index contributed by atoms with van der Waals surface area (Å²) in [7, 11) is 0. The lowest BCUT2D eigenvalue weighted by molar-refractivity contribution is -0.144. The number of fused-ring (bicyclic) bond motifs is 1. The lowest BCUT2D eigenvalue weighted by Crippen LogP contribution is -2.44. The largest absolute Gasteiger partial charge is 0.464 e. The SMILES string of the molecule is CCOC(=O)[C@H](C)NC(=O)NCc1ccc2c(c1)N(C(=O)c1ccccc1)[C@@H](C)C2. The predicted octanol–water partition coefficient (Wildman–Crippen LogP) is 3.03. The highest BCUT2D eigenvalue weighted by Crippen LogP contribution is 2.34. The molecule has 7 heteroatoms. The Morgan fingerprint density at radius 3 is 2.60 bits per heavy atom. The summed E-state index contributed by atoms with van der Waals surface area (Å²) in [6.45, 7) is 5.85. The van der Waals surface area contributed by atoms with Gasteiger partial charge in [0.15, 0.2) is 0 Å². The fourth-order valence-electron chi connectivity index (χ4n) is 3.55. The highest BCUT2D eigenvalue weighted by Gasteiger charge is 2.31. The zero-order chi connectivity index (χ0) is 21.7. The van der Waals surface area contributed by atoms with E-state index in [1.165, 1.54) is 0 Å². The van der Waals surface area contributed by atoms with Gasteiger partial charge in [0.2, 0.25) is 0 Å². The first-order valence-electron chi connectivity index (χ1n) is 10.1. The van der Waals surface area contributed by atoms with Crippen LogP contribution in [0.25, 0.3) is 0 Å². The van der Waals surface area contributed by atoms with E-state index >= 15 is 0 Å². The fraction of sp³-hybridized carbons (Fsp3) is 0.348. The number of carbonyl (C=O) groups excluding carboxylic acids is 3. The minimum atomic E-state index is -0.732. The van der Waals surface area contributed by atoms with Gasteiger partial charge in [0, 0.05) is 23.8 Å². The number of esters is 1. The van der Waals surface area contributed by atoms with Crippen molar-refractivity contribution in [2.24, 2.45) is 0 Å². The molecule has 0 unspecified atom stereocenters. The first-order valence-corrected chi connectivity index (χ1v) is 10.1. The van der Waals surface area contributed by atoms with Crippen molar-refractivity contribution in [2.45, 2.75) is 45.8 Å². The van der Waals surface area contributed by atoms with Crippen LogP contribution in [-0.2, 0) is 22.5 Å². The second-order valence-corrected chi connectivity index (χ2v) is 7.36. The van der Waals surface area contributed by atoms with E-state index < -0.39 is 18.0 Å². The molecule has 0 aromatic heterocycles. The van der Waals surface area contributed by atoms with Crippen LogP contribution in [-0.4, -0.2) is 36.6 Å². The zero-order valence-electron chi connectivity index (χ0n) is 17.5. The number of hydrogen-bond acceptors (Lipinski definition) is 4. The summed E-state index contributed by atoms with van der Waals surface area (Å²) in [5.74, 6) is -0.512. The Morgan fingerprint density at radius 2 is 1.90 bits per heavy atom. The molecule has 2 N–H and O–H groups in total. The van der Waals surface area contributed by atoms with Gasteiger partial charge in [0.1, 0.15) is 6.04 Å². The van der Waals surface area contributed by atoms with Crippen LogP contribution < -0.4 is 15.5 Å². The lowest BCUT2D eigenvalue weighted by atomic mass is 10.1. The average Bonchev–Trinajstić information content (AvgIpc) is 3.07. The predicted molar refractivity (Wildman–Crippen MR) is 114 cm³/mol. The molecule has 0 bridgehead atoms. The summed E-state index contributed by atoms with van der Waals surface area (Å²) in [6, 6.07) is 14.0. The molecule has 7 nitrogen and oxygen atoms in total. The van der Waals surface area contributed by atoms with Gasteiger partial charge in [-0.2, -0.15) is 0 Å². The molecule has 1 aliphatic heterocycles. The Balaban J connectivity index is 1.67. The van der Waals surface area contributed by atoms with Crippen LogP contribution in [0.15, 0.2) is 48.5 Å². The number of carbonyl (C=O) groups is 3. The number of anilines is 1.